The SMILES string of the molecule is CCCNCc1sc(CSc2ccccc2C)nc1C. The molecular formula is C16H22N2S2. The van der Waals surface area contributed by atoms with Crippen LogP contribution in [0, 0.1) is 13.8 Å². The summed E-state index contributed by atoms with van der Waals surface area (Å²) in [7, 11) is 0. The van der Waals surface area contributed by atoms with Gasteiger partial charge in [0.25, 0.3) is 0 Å². The molecule has 2 rings (SSSR count). The van der Waals surface area contributed by atoms with Gasteiger partial charge in [0.1, 0.15) is 5.01 Å². The summed E-state index contributed by atoms with van der Waals surface area (Å²) in [5.41, 5.74) is 2.52. The van der Waals surface area contributed by atoms with Crippen LogP contribution >= 0.6 is 23.1 Å². The van der Waals surface area contributed by atoms with E-state index in [4.69, 9.17) is 4.98 Å². The Bertz CT molecular complexity index is 549. The van der Waals surface area contributed by atoms with Gasteiger partial charge >= 0.3 is 0 Å². The van der Waals surface area contributed by atoms with Gasteiger partial charge in [-0.15, -0.1) is 23.1 Å². The molecule has 2 nitrogen and oxygen atoms in total. The molecule has 108 valence electrons. The first-order valence-corrected chi connectivity index (χ1v) is 8.85. The van der Waals surface area contributed by atoms with Crippen LogP contribution in [0.1, 0.15) is 34.5 Å². The fraction of sp³-hybridized carbons (Fsp3) is 0.438. The summed E-state index contributed by atoms with van der Waals surface area (Å²) >= 11 is 3.72. The van der Waals surface area contributed by atoms with E-state index in [-0.39, 0.29) is 0 Å². The van der Waals surface area contributed by atoms with E-state index in [1.165, 1.54) is 32.5 Å². The van der Waals surface area contributed by atoms with Crippen molar-refractivity contribution in [2.75, 3.05) is 6.54 Å². The summed E-state index contributed by atoms with van der Waals surface area (Å²) in [5.74, 6) is 0.962. The molecule has 0 spiro atoms. The number of aryl methyl sites for hydroxylation is 2. The number of hydrogen-bond donors (Lipinski definition) is 1. The summed E-state index contributed by atoms with van der Waals surface area (Å²) < 4.78 is 0. The molecule has 0 unspecified atom stereocenters. The van der Waals surface area contributed by atoms with Crippen molar-refractivity contribution in [1.29, 1.82) is 0 Å². The van der Waals surface area contributed by atoms with Crippen molar-refractivity contribution in [3.8, 4) is 0 Å². The minimum Gasteiger partial charge on any atom is -0.312 e. The molecule has 0 amide bonds. The van der Waals surface area contributed by atoms with E-state index in [2.05, 4.69) is 50.4 Å². The summed E-state index contributed by atoms with van der Waals surface area (Å²) in [4.78, 5) is 7.42. The number of nitrogens with zero attached hydrogens (tertiary/aromatic N) is 1. The lowest BCUT2D eigenvalue weighted by Crippen LogP contribution is -2.13. The fourth-order valence-electron chi connectivity index (χ4n) is 1.95. The first-order chi connectivity index (χ1) is 9.70. The Morgan fingerprint density at radius 2 is 2.05 bits per heavy atom. The summed E-state index contributed by atoms with van der Waals surface area (Å²) in [5, 5.41) is 4.68. The third-order valence-electron chi connectivity index (χ3n) is 3.09. The van der Waals surface area contributed by atoms with Crippen molar-refractivity contribution in [1.82, 2.24) is 10.3 Å². The lowest BCUT2D eigenvalue weighted by Gasteiger charge is -2.02. The second kappa shape index (κ2) is 7.81. The highest BCUT2D eigenvalue weighted by atomic mass is 32.2. The Morgan fingerprint density at radius 3 is 2.80 bits per heavy atom. The summed E-state index contributed by atoms with van der Waals surface area (Å²) in [6.45, 7) is 8.49. The van der Waals surface area contributed by atoms with E-state index in [9.17, 15) is 0 Å². The number of nitrogens with one attached hydrogen (secondary N) is 1. The van der Waals surface area contributed by atoms with E-state index in [1.54, 1.807) is 0 Å². The minimum absolute atomic E-state index is 0.951. The predicted molar refractivity (Wildman–Crippen MR) is 89.6 cm³/mol. The molecule has 0 atom stereocenters. The number of benzene rings is 1. The highest BCUT2D eigenvalue weighted by Gasteiger charge is 2.08. The van der Waals surface area contributed by atoms with Gasteiger partial charge in [0, 0.05) is 16.3 Å². The van der Waals surface area contributed by atoms with Crippen LogP contribution < -0.4 is 5.32 Å². The molecule has 20 heavy (non-hydrogen) atoms. The number of aromatic nitrogens is 1. The van der Waals surface area contributed by atoms with Crippen LogP contribution in [0.5, 0.6) is 0 Å². The van der Waals surface area contributed by atoms with Crippen LogP contribution in [0.25, 0.3) is 0 Å². The largest absolute Gasteiger partial charge is 0.312 e. The molecule has 0 saturated heterocycles. The molecule has 0 fully saturated rings. The standard InChI is InChI=1S/C16H22N2S2/c1-4-9-17-10-15-13(3)18-16(20-15)11-19-14-8-6-5-7-12(14)2/h5-8,17H,4,9-11H2,1-3H3. The molecule has 1 heterocycles. The van der Waals surface area contributed by atoms with E-state index < -0.39 is 0 Å². The van der Waals surface area contributed by atoms with Gasteiger partial charge in [-0.2, -0.15) is 0 Å². The van der Waals surface area contributed by atoms with Crippen LogP contribution in [0.2, 0.25) is 0 Å². The predicted octanol–water partition coefficient (Wildman–Crippen LogP) is 4.55. The van der Waals surface area contributed by atoms with Gasteiger partial charge in [-0.05, 0) is 38.4 Å². The zero-order valence-electron chi connectivity index (χ0n) is 12.4. The van der Waals surface area contributed by atoms with Gasteiger partial charge in [0.15, 0.2) is 0 Å². The second-order valence-electron chi connectivity index (χ2n) is 4.85. The monoisotopic (exact) mass is 306 g/mol. The number of hydrogen-bond acceptors (Lipinski definition) is 4. The number of thiazole rings is 1. The zero-order chi connectivity index (χ0) is 14.4. The molecule has 0 radical (unpaired) electrons. The van der Waals surface area contributed by atoms with Crippen molar-refractivity contribution in [3.63, 3.8) is 0 Å². The molecule has 0 aliphatic heterocycles. The van der Waals surface area contributed by atoms with Crippen molar-refractivity contribution in [2.45, 2.75) is 44.4 Å². The van der Waals surface area contributed by atoms with Crippen LogP contribution in [-0.4, -0.2) is 11.5 Å². The molecular weight excluding hydrogens is 284 g/mol. The van der Waals surface area contributed by atoms with Gasteiger partial charge < -0.3 is 5.32 Å². The van der Waals surface area contributed by atoms with Gasteiger partial charge in [0.05, 0.1) is 11.4 Å². The summed E-state index contributed by atoms with van der Waals surface area (Å²) in [6, 6.07) is 8.53. The molecule has 0 aliphatic carbocycles. The third kappa shape index (κ3) is 4.33. The maximum absolute atomic E-state index is 4.69. The van der Waals surface area contributed by atoms with Crippen LogP contribution in [-0.2, 0) is 12.3 Å². The van der Waals surface area contributed by atoms with Crippen molar-refractivity contribution in [2.24, 2.45) is 0 Å². The Morgan fingerprint density at radius 1 is 1.25 bits per heavy atom. The first-order valence-electron chi connectivity index (χ1n) is 7.05. The number of thioether (sulfide) groups is 1. The third-order valence-corrected chi connectivity index (χ3v) is 5.62. The maximum Gasteiger partial charge on any atom is 0.103 e. The highest BCUT2D eigenvalue weighted by molar-refractivity contribution is 7.98. The van der Waals surface area contributed by atoms with E-state index in [0.29, 0.717) is 0 Å². The summed E-state index contributed by atoms with van der Waals surface area (Å²) in [6.07, 6.45) is 1.17. The Balaban J connectivity index is 1.93. The average Bonchev–Trinajstić information content (AvgIpc) is 2.79. The van der Waals surface area contributed by atoms with Gasteiger partial charge in [-0.25, -0.2) is 4.98 Å². The van der Waals surface area contributed by atoms with Crippen LogP contribution in [0.15, 0.2) is 29.2 Å². The van der Waals surface area contributed by atoms with E-state index in [0.717, 1.165) is 18.8 Å². The lowest BCUT2D eigenvalue weighted by atomic mass is 10.2. The topological polar surface area (TPSA) is 24.9 Å². The Labute approximate surface area is 130 Å². The fourth-order valence-corrected chi connectivity index (χ4v) is 4.01. The average molecular weight is 307 g/mol. The highest BCUT2D eigenvalue weighted by Crippen LogP contribution is 2.28. The minimum atomic E-state index is 0.951. The molecule has 0 saturated carbocycles. The van der Waals surface area contributed by atoms with Gasteiger partial charge in [0.2, 0.25) is 0 Å². The Kier molecular flexibility index (Phi) is 6.07. The van der Waals surface area contributed by atoms with Crippen LogP contribution in [0.4, 0.5) is 0 Å². The normalized spacial score (nSPS) is 10.9. The molecule has 1 aromatic carbocycles. The molecule has 0 bridgehead atoms. The lowest BCUT2D eigenvalue weighted by molar-refractivity contribution is 0.678. The number of rotatable bonds is 7. The van der Waals surface area contributed by atoms with E-state index >= 15 is 0 Å². The molecule has 0 aliphatic rings. The Hall–Kier alpha value is -0.840. The van der Waals surface area contributed by atoms with Crippen molar-refractivity contribution >= 4 is 23.1 Å². The molecule has 4 heteroatoms. The maximum atomic E-state index is 4.69. The molecule has 1 N–H and O–H groups in total. The van der Waals surface area contributed by atoms with Crippen molar-refractivity contribution in [3.05, 3.63) is 45.4 Å². The van der Waals surface area contributed by atoms with Crippen LogP contribution in [0.3, 0.4) is 0 Å². The van der Waals surface area contributed by atoms with Crippen molar-refractivity contribution < 1.29 is 0 Å². The zero-order valence-corrected chi connectivity index (χ0v) is 14.0. The van der Waals surface area contributed by atoms with E-state index in [1.807, 2.05) is 23.1 Å². The molecule has 1 aromatic heterocycles. The smallest absolute Gasteiger partial charge is 0.103 e. The second-order valence-corrected chi connectivity index (χ2v) is 7.03. The quantitative estimate of drug-likeness (QED) is 0.600. The molecule has 2 aromatic rings. The van der Waals surface area contributed by atoms with Gasteiger partial charge in [-0.3, -0.25) is 0 Å². The first kappa shape index (κ1) is 15.5. The van der Waals surface area contributed by atoms with Gasteiger partial charge in [-0.1, -0.05) is 25.1 Å².